The van der Waals surface area contributed by atoms with Gasteiger partial charge in [0.15, 0.2) is 0 Å². The van der Waals surface area contributed by atoms with Crippen molar-refractivity contribution in [1.82, 2.24) is 0 Å². The van der Waals surface area contributed by atoms with Gasteiger partial charge in [0.25, 0.3) is 0 Å². The van der Waals surface area contributed by atoms with Gasteiger partial charge in [-0.25, -0.2) is 0 Å². The summed E-state index contributed by atoms with van der Waals surface area (Å²) in [5, 5.41) is 0. The molecule has 2 nitrogen and oxygen atoms in total. The predicted molar refractivity (Wildman–Crippen MR) is 66.4 cm³/mol. The van der Waals surface area contributed by atoms with Crippen molar-refractivity contribution in [3.05, 3.63) is 29.8 Å². The van der Waals surface area contributed by atoms with Gasteiger partial charge < -0.3 is 4.74 Å². The average Bonchev–Trinajstić information content (AvgIpc) is 2.30. The summed E-state index contributed by atoms with van der Waals surface area (Å²) < 4.78 is 4.79. The number of hydrogen-bond donors (Lipinski definition) is 0. The van der Waals surface area contributed by atoms with Crippen molar-refractivity contribution >= 4 is 17.7 Å². The largest absolute Gasteiger partial charge is 0.465 e. The second-order valence-corrected chi connectivity index (χ2v) is 3.83. The first-order chi connectivity index (χ1) is 7.77. The fourth-order valence-corrected chi connectivity index (χ4v) is 1.73. The van der Waals surface area contributed by atoms with Crippen LogP contribution in [0.25, 0.3) is 0 Å². The molecule has 16 heavy (non-hydrogen) atoms. The summed E-state index contributed by atoms with van der Waals surface area (Å²) in [6.45, 7) is 2.19. The lowest BCUT2D eigenvalue weighted by Gasteiger charge is -1.98. The minimum Gasteiger partial charge on any atom is -0.465 e. The highest BCUT2D eigenvalue weighted by molar-refractivity contribution is 7.98. The van der Waals surface area contributed by atoms with Crippen LogP contribution in [0.1, 0.15) is 18.9 Å². The number of hydrogen-bond acceptors (Lipinski definition) is 3. The van der Waals surface area contributed by atoms with E-state index in [-0.39, 0.29) is 12.4 Å². The van der Waals surface area contributed by atoms with E-state index < -0.39 is 0 Å². The summed E-state index contributed by atoms with van der Waals surface area (Å²) in [5.41, 5.74) is 0.958. The molecule has 0 amide bonds. The summed E-state index contributed by atoms with van der Waals surface area (Å²) in [6.07, 6.45) is 2.16. The molecular formula is C13H14O2S. The standard InChI is InChI=1S/C13H14O2S/c1-3-15-13(14)10-6-8-11-7-4-5-9-12(11)16-2/h4-5,7,9H,3,10H2,1-2H3. The maximum Gasteiger partial charge on any atom is 0.317 e. The first-order valence-electron chi connectivity index (χ1n) is 5.05. The smallest absolute Gasteiger partial charge is 0.317 e. The molecule has 0 saturated heterocycles. The van der Waals surface area contributed by atoms with E-state index in [1.54, 1.807) is 18.7 Å². The lowest BCUT2D eigenvalue weighted by molar-refractivity contribution is -0.141. The number of esters is 1. The third-order valence-electron chi connectivity index (χ3n) is 1.87. The molecule has 0 aliphatic carbocycles. The van der Waals surface area contributed by atoms with Gasteiger partial charge in [0.1, 0.15) is 6.42 Å². The third kappa shape index (κ3) is 4.00. The van der Waals surface area contributed by atoms with E-state index in [0.717, 1.165) is 10.5 Å². The summed E-state index contributed by atoms with van der Waals surface area (Å²) in [6, 6.07) is 7.87. The maximum absolute atomic E-state index is 11.1. The molecule has 0 saturated carbocycles. The Hall–Kier alpha value is -1.40. The van der Waals surface area contributed by atoms with Gasteiger partial charge in [-0.15, -0.1) is 11.8 Å². The van der Waals surface area contributed by atoms with Gasteiger partial charge in [-0.05, 0) is 25.3 Å². The highest BCUT2D eigenvalue weighted by Gasteiger charge is 1.98. The van der Waals surface area contributed by atoms with Crippen LogP contribution in [-0.2, 0) is 9.53 Å². The van der Waals surface area contributed by atoms with Gasteiger partial charge in [0.05, 0.1) is 6.61 Å². The zero-order chi connectivity index (χ0) is 11.8. The second-order valence-electron chi connectivity index (χ2n) is 2.98. The molecule has 0 aliphatic rings. The number of ether oxygens (including phenoxy) is 1. The Balaban J connectivity index is 2.66. The molecule has 0 radical (unpaired) electrons. The molecule has 84 valence electrons. The van der Waals surface area contributed by atoms with Crippen LogP contribution >= 0.6 is 11.8 Å². The third-order valence-corrected chi connectivity index (χ3v) is 2.66. The normalized spacial score (nSPS) is 9.12. The van der Waals surface area contributed by atoms with E-state index in [1.807, 2.05) is 30.5 Å². The van der Waals surface area contributed by atoms with E-state index in [1.165, 1.54) is 0 Å². The summed E-state index contributed by atoms with van der Waals surface area (Å²) in [4.78, 5) is 12.2. The van der Waals surface area contributed by atoms with Crippen LogP contribution in [0.15, 0.2) is 29.2 Å². The molecular weight excluding hydrogens is 220 g/mol. The van der Waals surface area contributed by atoms with Crippen molar-refractivity contribution in [1.29, 1.82) is 0 Å². The number of rotatable bonds is 3. The molecule has 0 aromatic heterocycles. The quantitative estimate of drug-likeness (QED) is 0.457. The number of thioether (sulfide) groups is 1. The van der Waals surface area contributed by atoms with Crippen molar-refractivity contribution in [3.63, 3.8) is 0 Å². The highest BCUT2D eigenvalue weighted by atomic mass is 32.2. The Morgan fingerprint density at radius 2 is 2.19 bits per heavy atom. The molecule has 0 unspecified atom stereocenters. The lowest BCUT2D eigenvalue weighted by atomic mass is 10.2. The Morgan fingerprint density at radius 1 is 1.44 bits per heavy atom. The first-order valence-corrected chi connectivity index (χ1v) is 6.28. The SMILES string of the molecule is CCOC(=O)CC#Cc1ccccc1SC. The van der Waals surface area contributed by atoms with E-state index in [2.05, 4.69) is 11.8 Å². The minimum atomic E-state index is -0.267. The number of benzene rings is 1. The molecule has 0 atom stereocenters. The lowest BCUT2D eigenvalue weighted by Crippen LogP contribution is -2.01. The Kier molecular flexibility index (Phi) is 5.52. The van der Waals surface area contributed by atoms with Crippen LogP contribution in [-0.4, -0.2) is 18.8 Å². The van der Waals surface area contributed by atoms with Crippen molar-refractivity contribution < 1.29 is 9.53 Å². The molecule has 0 heterocycles. The van der Waals surface area contributed by atoms with Crippen molar-refractivity contribution in [2.75, 3.05) is 12.9 Å². The summed E-state index contributed by atoms with van der Waals surface area (Å²) in [7, 11) is 0. The number of carbonyl (C=O) groups is 1. The van der Waals surface area contributed by atoms with E-state index in [4.69, 9.17) is 4.74 Å². The average molecular weight is 234 g/mol. The van der Waals surface area contributed by atoms with Crippen LogP contribution in [0.3, 0.4) is 0 Å². The van der Waals surface area contributed by atoms with Crippen LogP contribution in [0.5, 0.6) is 0 Å². The van der Waals surface area contributed by atoms with Gasteiger partial charge in [-0.3, -0.25) is 4.79 Å². The highest BCUT2D eigenvalue weighted by Crippen LogP contribution is 2.18. The summed E-state index contributed by atoms with van der Waals surface area (Å²) in [5.74, 6) is 5.54. The fourth-order valence-electron chi connectivity index (χ4n) is 1.17. The predicted octanol–water partition coefficient (Wildman–Crippen LogP) is 2.71. The zero-order valence-corrected chi connectivity index (χ0v) is 10.3. The van der Waals surface area contributed by atoms with Crippen molar-refractivity contribution in [3.8, 4) is 11.8 Å². The molecule has 0 spiro atoms. The van der Waals surface area contributed by atoms with Crippen molar-refractivity contribution in [2.24, 2.45) is 0 Å². The van der Waals surface area contributed by atoms with Crippen LogP contribution in [0.2, 0.25) is 0 Å². The first kappa shape index (κ1) is 12.7. The van der Waals surface area contributed by atoms with Gasteiger partial charge in [-0.2, -0.15) is 0 Å². The molecule has 1 aromatic carbocycles. The minimum absolute atomic E-state index is 0.149. The molecule has 0 fully saturated rings. The van der Waals surface area contributed by atoms with Gasteiger partial charge in [0.2, 0.25) is 0 Å². The van der Waals surface area contributed by atoms with Gasteiger partial charge in [0, 0.05) is 10.5 Å². The fraction of sp³-hybridized carbons (Fsp3) is 0.308. The van der Waals surface area contributed by atoms with Gasteiger partial charge >= 0.3 is 5.97 Å². The monoisotopic (exact) mass is 234 g/mol. The molecule has 1 aromatic rings. The van der Waals surface area contributed by atoms with Crippen molar-refractivity contribution in [2.45, 2.75) is 18.2 Å². The van der Waals surface area contributed by atoms with Gasteiger partial charge in [-0.1, -0.05) is 24.0 Å². The molecule has 0 bridgehead atoms. The molecule has 3 heteroatoms. The molecule has 0 N–H and O–H groups in total. The number of carbonyl (C=O) groups excluding carboxylic acids is 1. The van der Waals surface area contributed by atoms with Crippen LogP contribution in [0.4, 0.5) is 0 Å². The molecule has 1 rings (SSSR count). The molecule has 0 aliphatic heterocycles. The van der Waals surface area contributed by atoms with Crippen LogP contribution < -0.4 is 0 Å². The van der Waals surface area contributed by atoms with E-state index in [0.29, 0.717) is 6.61 Å². The topological polar surface area (TPSA) is 26.3 Å². The van der Waals surface area contributed by atoms with Crippen LogP contribution in [0, 0.1) is 11.8 Å². The Morgan fingerprint density at radius 3 is 2.88 bits per heavy atom. The maximum atomic E-state index is 11.1. The summed E-state index contributed by atoms with van der Waals surface area (Å²) >= 11 is 1.65. The Bertz CT molecular complexity index is 415. The Labute approximate surface area is 100 Å². The van der Waals surface area contributed by atoms with E-state index >= 15 is 0 Å². The second kappa shape index (κ2) is 6.97. The van der Waals surface area contributed by atoms with E-state index in [9.17, 15) is 4.79 Å². The zero-order valence-electron chi connectivity index (χ0n) is 9.45.